The van der Waals surface area contributed by atoms with Crippen molar-refractivity contribution in [3.8, 4) is 34.3 Å². The molecular weight excluding hydrogens is 1820 g/mol. The highest BCUT2D eigenvalue weighted by Crippen LogP contribution is 2.41. The van der Waals surface area contributed by atoms with E-state index in [1.807, 2.05) is 54.6 Å². The van der Waals surface area contributed by atoms with Crippen molar-refractivity contribution < 1.29 is 56.6 Å². The number of hydrogen-bond donors (Lipinski definition) is 4. The van der Waals surface area contributed by atoms with Crippen LogP contribution >= 0.6 is 11.6 Å². The van der Waals surface area contributed by atoms with Crippen LogP contribution in [0, 0.1) is 5.82 Å². The number of carbonyl (C=O) groups excluding carboxylic acids is 2. The Morgan fingerprint density at radius 1 is 0.383 bits per heavy atom. The third-order valence-electron chi connectivity index (χ3n) is 27.5. The van der Waals surface area contributed by atoms with E-state index in [0.717, 1.165) is 340 Å². The number of carbonyl (C=O) groups is 2. The topological polar surface area (TPSA) is 367 Å². The third-order valence-corrected chi connectivity index (χ3v) is 27.8. The lowest BCUT2D eigenvalue weighted by Crippen LogP contribution is -2.40. The van der Waals surface area contributed by atoms with Crippen LogP contribution in [0.2, 0.25) is 5.02 Å². The van der Waals surface area contributed by atoms with E-state index in [-0.39, 0.29) is 53.0 Å². The maximum absolute atomic E-state index is 14.1. The minimum Gasteiger partial charge on any atom is -0.488 e. The van der Waals surface area contributed by atoms with Crippen LogP contribution in [0.25, 0.3) is 55.4 Å². The van der Waals surface area contributed by atoms with E-state index in [0.29, 0.717) is 42.7 Å². The van der Waals surface area contributed by atoms with Gasteiger partial charge >= 0.3 is 0 Å². The van der Waals surface area contributed by atoms with Gasteiger partial charge in [-0.2, -0.15) is 5.10 Å². The van der Waals surface area contributed by atoms with Gasteiger partial charge in [-0.3, -0.25) is 34.2 Å². The number of nitrogens with one attached hydrogen (secondary N) is 4. The van der Waals surface area contributed by atoms with E-state index in [1.165, 1.54) is 28.8 Å². The summed E-state index contributed by atoms with van der Waals surface area (Å²) in [6.07, 6.45) is 41.9. The highest BCUT2D eigenvalue weighted by molar-refractivity contribution is 6.30. The summed E-state index contributed by atoms with van der Waals surface area (Å²) in [5.41, 5.74) is 14.7. The fourth-order valence-electron chi connectivity index (χ4n) is 19.7. The first-order valence-electron chi connectivity index (χ1n) is 49.6. The van der Waals surface area contributed by atoms with Crippen molar-refractivity contribution in [3.63, 3.8) is 0 Å². The Labute approximate surface area is 823 Å². The summed E-state index contributed by atoms with van der Waals surface area (Å²) in [7, 11) is 5.34. The summed E-state index contributed by atoms with van der Waals surface area (Å²) in [4.78, 5) is 94.0. The van der Waals surface area contributed by atoms with Crippen molar-refractivity contribution in [2.75, 3.05) is 168 Å². The number of aryl methyl sites for hydroxylation is 1. The molecule has 5 aliphatic heterocycles. The van der Waals surface area contributed by atoms with Gasteiger partial charge in [0, 0.05) is 243 Å². The molecule has 37 heteroatoms. The van der Waals surface area contributed by atoms with E-state index < -0.39 is 11.7 Å². The van der Waals surface area contributed by atoms with E-state index in [4.69, 9.17) is 54.2 Å². The molecule has 0 spiro atoms. The molecule has 5 aromatic carbocycles. The van der Waals surface area contributed by atoms with Gasteiger partial charge in [0.25, 0.3) is 11.8 Å². The number of anilines is 7. The Morgan fingerprint density at radius 3 is 1.13 bits per heavy atom. The maximum atomic E-state index is 14.1. The van der Waals surface area contributed by atoms with Crippen molar-refractivity contribution in [2.24, 2.45) is 7.05 Å². The van der Waals surface area contributed by atoms with Gasteiger partial charge in [0.15, 0.2) is 0 Å². The van der Waals surface area contributed by atoms with Crippen molar-refractivity contribution in [3.05, 3.63) is 199 Å². The Balaban J connectivity index is 0.000000120. The average molecular weight is 1940 g/mol. The monoisotopic (exact) mass is 1940 g/mol. The van der Waals surface area contributed by atoms with Gasteiger partial charge in [-0.25, -0.2) is 49.2 Å². The second-order valence-electron chi connectivity index (χ2n) is 37.3. The van der Waals surface area contributed by atoms with Crippen LogP contribution in [-0.4, -0.2) is 272 Å². The molecule has 35 nitrogen and oxygen atoms in total. The summed E-state index contributed by atoms with van der Waals surface area (Å²) >= 11 is 5.78. The molecule has 13 heterocycles. The van der Waals surface area contributed by atoms with Crippen molar-refractivity contribution >= 4 is 108 Å². The molecule has 0 bridgehead atoms. The normalized spacial score (nSPS) is 21.3. The standard InChI is InChI=1S/C27H31N7O2.C27H34N6O3.C25H26ClFN4O3.C25H31N7O3/c1-33-24(8-9-31-33)19-2-7-26(30-18-19)32-20-3-5-22(6-4-20)36-25-17-21(34-12-14-35-15-13-34)16-23-27(25)29-11-10-28-23;1-3-23(4-2-21(1)32-27-30-17-20(18-31-27)19-5-11-34-12-6-19)36-25-16-22(33-9-13-35-14-10-33)15-24-26(25)29-8-7-28-24;26-16-1-6-20(21(27)13-16)25(32)30-17-2-4-19(5-3-17)34-23-15-18(31-9-11-33-12-10-31)14-22-24(23)29-8-7-28-22;1-31(2)25(33)21-15-29-23(16-28-21)30-17-3-5-19(6-4-17)35-22-14-18(32-9-11-34-12-10-32)13-20-24(22)27-8-7-26-20/h2,7-11,16-18,20,22H,3-6,12-15H2,1H3,(H,30,32);7-8,15-19,21,23H,1-6,9-14H2,(H,30,31,32);1,6-8,13-15,17,19H,2-5,9-12H2,(H,30,32);7-8,13-17,19H,3-6,9-12H2,1-2H3,(H,29,30). The van der Waals surface area contributed by atoms with Crippen LogP contribution in [0.5, 0.6) is 23.0 Å². The maximum Gasteiger partial charge on any atom is 0.273 e. The highest BCUT2D eigenvalue weighted by atomic mass is 35.5. The number of rotatable bonds is 23. The van der Waals surface area contributed by atoms with Gasteiger partial charge in [0.1, 0.15) is 68.2 Å². The molecule has 5 saturated heterocycles. The van der Waals surface area contributed by atoms with Crippen LogP contribution in [0.3, 0.4) is 0 Å². The number of nitrogens with zero attached hydrogens (tertiary/aromatic N) is 20. The van der Waals surface area contributed by atoms with Gasteiger partial charge in [-0.15, -0.1) is 0 Å². The Morgan fingerprint density at radius 2 is 0.766 bits per heavy atom. The lowest BCUT2D eigenvalue weighted by atomic mass is 9.92. The first-order chi connectivity index (χ1) is 69.2. The minimum atomic E-state index is -0.616. The molecule has 4 saturated carbocycles. The van der Waals surface area contributed by atoms with Crippen molar-refractivity contribution in [2.45, 2.75) is 170 Å². The smallest absolute Gasteiger partial charge is 0.273 e. The van der Waals surface area contributed by atoms with Gasteiger partial charge in [-0.05, 0) is 188 Å². The largest absolute Gasteiger partial charge is 0.488 e. The number of hydrogen-bond acceptors (Lipinski definition) is 32. The second kappa shape index (κ2) is 46.9. The first-order valence-corrected chi connectivity index (χ1v) is 50.0. The Hall–Kier alpha value is -13.3. The molecule has 2 amide bonds. The number of morpholine rings is 4. The summed E-state index contributed by atoms with van der Waals surface area (Å²) in [6, 6.07) is 27.9. The third kappa shape index (κ3) is 25.2. The van der Waals surface area contributed by atoms with Crippen LogP contribution in [0.1, 0.15) is 148 Å². The molecule has 9 fully saturated rings. The Bertz CT molecular complexity index is 6310. The van der Waals surface area contributed by atoms with Crippen LogP contribution in [-0.2, 0) is 30.7 Å². The molecule has 22 rings (SSSR count). The first kappa shape index (κ1) is 96.6. The van der Waals surface area contributed by atoms with E-state index in [1.54, 1.807) is 76.1 Å². The second-order valence-corrected chi connectivity index (χ2v) is 37.7. The summed E-state index contributed by atoms with van der Waals surface area (Å²) in [5, 5.41) is 18.0. The van der Waals surface area contributed by atoms with Gasteiger partial charge < -0.3 is 88.4 Å². The molecule has 738 valence electrons. The average Bonchev–Trinajstić information content (AvgIpc) is 1.26. The fraction of sp³-hybridized carbons (Fsp3) is 0.462. The van der Waals surface area contributed by atoms with Gasteiger partial charge in [-0.1, -0.05) is 11.6 Å². The molecule has 141 heavy (non-hydrogen) atoms. The number of ether oxygens (including phenoxy) is 9. The molecule has 0 radical (unpaired) electrons. The number of fused-ring (bicyclic) bond motifs is 4. The van der Waals surface area contributed by atoms with Crippen LogP contribution < -0.4 is 59.8 Å². The number of pyridine rings is 1. The molecule has 0 atom stereocenters. The predicted molar refractivity (Wildman–Crippen MR) is 538 cm³/mol. The molecular formula is C104H122ClFN24O11. The van der Waals surface area contributed by atoms with E-state index in [2.05, 4.69) is 153 Å². The van der Waals surface area contributed by atoms with Crippen LogP contribution in [0.15, 0.2) is 172 Å². The number of aromatic nitrogens is 15. The van der Waals surface area contributed by atoms with Gasteiger partial charge in [0.2, 0.25) is 5.95 Å². The summed E-state index contributed by atoms with van der Waals surface area (Å²) < 4.78 is 69.5. The fourth-order valence-corrected chi connectivity index (χ4v) is 19.9. The zero-order valence-corrected chi connectivity index (χ0v) is 80.8. The Kier molecular flexibility index (Phi) is 32.1. The quantitative estimate of drug-likeness (QED) is 0.0462. The molecule has 13 aromatic rings. The predicted octanol–water partition coefficient (Wildman–Crippen LogP) is 15.2. The number of amides is 2. The van der Waals surface area contributed by atoms with Gasteiger partial charge in [0.05, 0.1) is 123 Å². The zero-order chi connectivity index (χ0) is 96.2. The minimum absolute atomic E-state index is 0.00515. The number of benzene rings is 5. The number of halogens is 2. The molecule has 0 unspecified atom stereocenters. The van der Waals surface area contributed by atoms with Crippen molar-refractivity contribution in [1.29, 1.82) is 0 Å². The van der Waals surface area contributed by atoms with Crippen molar-refractivity contribution in [1.82, 2.24) is 84.8 Å². The molecule has 8 aromatic heterocycles. The lowest BCUT2D eigenvalue weighted by Gasteiger charge is -2.31. The molecule has 4 N–H and O–H groups in total. The summed E-state index contributed by atoms with van der Waals surface area (Å²) in [5.74, 6) is 4.80. The lowest BCUT2D eigenvalue weighted by molar-refractivity contribution is 0.0820. The molecule has 4 aliphatic carbocycles. The molecule has 9 aliphatic rings. The highest BCUT2D eigenvalue weighted by Gasteiger charge is 2.33. The van der Waals surface area contributed by atoms with Crippen LogP contribution in [0.4, 0.5) is 44.7 Å². The zero-order valence-electron chi connectivity index (χ0n) is 80.0. The van der Waals surface area contributed by atoms with E-state index >= 15 is 0 Å². The van der Waals surface area contributed by atoms with E-state index in [9.17, 15) is 14.0 Å². The SMILES string of the molecule is CN(C)C(=O)c1cnc(NC2CCC(Oc3cc(N4CCOCC4)cc4nccnc34)CC2)cn1.Cn1nccc1-c1ccc(NC2CCC(Oc3cc(N4CCOCC4)cc4nccnc34)CC2)nc1.O=C(NC1CCC(Oc2cc(N3CCOCC3)cc3nccnc23)CC1)c1ccc(Cl)cc1F.c1cnc2c(OC3CCC(Nc4ncc(C5CCOCC5)cn4)CC3)cc(N3CCOCC3)cc2n1. The summed E-state index contributed by atoms with van der Waals surface area (Å²) in [6.45, 7) is 14.3.